The quantitative estimate of drug-likeness (QED) is 0.805. The van der Waals surface area contributed by atoms with Gasteiger partial charge < -0.3 is 0 Å². The first-order chi connectivity index (χ1) is 8.60. The van der Waals surface area contributed by atoms with Crippen LogP contribution in [0.3, 0.4) is 0 Å². The van der Waals surface area contributed by atoms with E-state index in [1.54, 1.807) is 6.92 Å². The minimum Gasteiger partial charge on any atom is -0.268 e. The summed E-state index contributed by atoms with van der Waals surface area (Å²) in [6.07, 6.45) is 1.54. The summed E-state index contributed by atoms with van der Waals surface area (Å²) in [6.45, 7) is 1.77. The Hall–Kier alpha value is -2.48. The van der Waals surface area contributed by atoms with Crippen molar-refractivity contribution in [2.24, 2.45) is 0 Å². The van der Waals surface area contributed by atoms with Gasteiger partial charge in [0.2, 0.25) is 0 Å². The van der Waals surface area contributed by atoms with Crippen LogP contribution in [0.25, 0.3) is 0 Å². The largest absolute Gasteiger partial charge is 0.268 e. The number of aromatic nitrogens is 2. The van der Waals surface area contributed by atoms with Crippen molar-refractivity contribution < 1.29 is 4.39 Å². The second-order valence-electron chi connectivity index (χ2n) is 3.95. The SMILES string of the molecule is Cc1cnn(Cc2cc(C#N)ccc2F)c(=O)c1. The van der Waals surface area contributed by atoms with E-state index < -0.39 is 5.82 Å². The highest BCUT2D eigenvalue weighted by atomic mass is 19.1. The molecule has 0 aliphatic rings. The maximum absolute atomic E-state index is 13.6. The Bertz CT molecular complexity index is 685. The van der Waals surface area contributed by atoms with Crippen LogP contribution in [0, 0.1) is 24.1 Å². The molecular formula is C13H10FN3O. The van der Waals surface area contributed by atoms with Crippen molar-refractivity contribution in [3.63, 3.8) is 0 Å². The van der Waals surface area contributed by atoms with Crippen molar-refractivity contribution in [1.82, 2.24) is 9.78 Å². The number of rotatable bonds is 2. The molecule has 5 heteroatoms. The van der Waals surface area contributed by atoms with E-state index in [1.165, 1.54) is 30.5 Å². The van der Waals surface area contributed by atoms with E-state index in [9.17, 15) is 9.18 Å². The number of halogens is 1. The van der Waals surface area contributed by atoms with Crippen LogP contribution in [-0.2, 0) is 6.54 Å². The van der Waals surface area contributed by atoms with Crippen molar-refractivity contribution in [1.29, 1.82) is 5.26 Å². The molecule has 0 aliphatic heterocycles. The van der Waals surface area contributed by atoms with Crippen LogP contribution in [0.2, 0.25) is 0 Å². The van der Waals surface area contributed by atoms with Gasteiger partial charge in [0, 0.05) is 11.6 Å². The standard InChI is InChI=1S/C13H10FN3O/c1-9-4-13(18)17(16-7-9)8-11-5-10(6-15)2-3-12(11)14/h2-5,7H,8H2,1H3. The summed E-state index contributed by atoms with van der Waals surface area (Å²) >= 11 is 0. The molecule has 0 N–H and O–H groups in total. The fourth-order valence-electron chi connectivity index (χ4n) is 1.57. The topological polar surface area (TPSA) is 58.7 Å². The highest BCUT2D eigenvalue weighted by Crippen LogP contribution is 2.10. The lowest BCUT2D eigenvalue weighted by atomic mass is 10.1. The van der Waals surface area contributed by atoms with Crippen LogP contribution in [-0.4, -0.2) is 9.78 Å². The van der Waals surface area contributed by atoms with E-state index in [1.807, 2.05) is 6.07 Å². The molecule has 4 nitrogen and oxygen atoms in total. The average Bonchev–Trinajstić information content (AvgIpc) is 2.35. The Kier molecular flexibility index (Phi) is 3.20. The van der Waals surface area contributed by atoms with E-state index in [4.69, 9.17) is 5.26 Å². The Labute approximate surface area is 103 Å². The number of aryl methyl sites for hydroxylation is 1. The zero-order valence-electron chi connectivity index (χ0n) is 9.72. The summed E-state index contributed by atoms with van der Waals surface area (Å²) in [5.74, 6) is -0.455. The van der Waals surface area contributed by atoms with E-state index in [0.29, 0.717) is 5.56 Å². The van der Waals surface area contributed by atoms with Gasteiger partial charge in [-0.3, -0.25) is 4.79 Å². The molecule has 90 valence electrons. The summed E-state index contributed by atoms with van der Waals surface area (Å²) in [5.41, 5.74) is 1.08. The molecule has 18 heavy (non-hydrogen) atoms. The Balaban J connectivity index is 2.40. The Morgan fingerprint density at radius 2 is 2.22 bits per heavy atom. The zero-order valence-corrected chi connectivity index (χ0v) is 9.72. The van der Waals surface area contributed by atoms with Gasteiger partial charge in [-0.25, -0.2) is 9.07 Å². The molecule has 1 aromatic heterocycles. The monoisotopic (exact) mass is 243 g/mol. The van der Waals surface area contributed by atoms with Crippen LogP contribution in [0.4, 0.5) is 4.39 Å². The average molecular weight is 243 g/mol. The van der Waals surface area contributed by atoms with Crippen LogP contribution < -0.4 is 5.56 Å². The molecule has 0 amide bonds. The van der Waals surface area contributed by atoms with Crippen molar-refractivity contribution in [2.45, 2.75) is 13.5 Å². The number of benzene rings is 1. The third-order valence-corrected chi connectivity index (χ3v) is 2.50. The minimum absolute atomic E-state index is 0.0144. The zero-order chi connectivity index (χ0) is 13.1. The van der Waals surface area contributed by atoms with Gasteiger partial charge >= 0.3 is 0 Å². The van der Waals surface area contributed by atoms with E-state index in [2.05, 4.69) is 5.10 Å². The molecule has 0 fully saturated rings. The van der Waals surface area contributed by atoms with Crippen molar-refractivity contribution >= 4 is 0 Å². The third kappa shape index (κ3) is 2.43. The Morgan fingerprint density at radius 1 is 1.44 bits per heavy atom. The predicted octanol–water partition coefficient (Wildman–Crippen LogP) is 1.61. The second-order valence-corrected chi connectivity index (χ2v) is 3.95. The molecule has 0 aliphatic carbocycles. The van der Waals surface area contributed by atoms with Crippen molar-refractivity contribution in [3.05, 3.63) is 63.3 Å². The van der Waals surface area contributed by atoms with Crippen LogP contribution in [0.15, 0.2) is 35.3 Å². The van der Waals surface area contributed by atoms with Crippen molar-refractivity contribution in [2.75, 3.05) is 0 Å². The van der Waals surface area contributed by atoms with E-state index in [-0.39, 0.29) is 17.7 Å². The fraction of sp³-hybridized carbons (Fsp3) is 0.154. The molecule has 1 heterocycles. The molecule has 0 unspecified atom stereocenters. The number of hydrogen-bond donors (Lipinski definition) is 0. The summed E-state index contributed by atoms with van der Waals surface area (Å²) in [7, 11) is 0. The molecule has 0 spiro atoms. The summed E-state index contributed by atoms with van der Waals surface area (Å²) in [4.78, 5) is 11.6. The highest BCUT2D eigenvalue weighted by Gasteiger charge is 2.06. The summed E-state index contributed by atoms with van der Waals surface area (Å²) in [6, 6.07) is 7.39. The number of hydrogen-bond acceptors (Lipinski definition) is 3. The van der Waals surface area contributed by atoms with Gasteiger partial charge in [-0.15, -0.1) is 0 Å². The maximum atomic E-state index is 13.6. The third-order valence-electron chi connectivity index (χ3n) is 2.50. The van der Waals surface area contributed by atoms with Crippen molar-refractivity contribution in [3.8, 4) is 6.07 Å². The van der Waals surface area contributed by atoms with Gasteiger partial charge in [-0.05, 0) is 30.7 Å². The van der Waals surface area contributed by atoms with Gasteiger partial charge in [0.05, 0.1) is 24.4 Å². The normalized spacial score (nSPS) is 10.1. The van der Waals surface area contributed by atoms with Gasteiger partial charge in [-0.1, -0.05) is 0 Å². The molecule has 0 bridgehead atoms. The predicted molar refractivity (Wildman–Crippen MR) is 63.5 cm³/mol. The molecule has 0 atom stereocenters. The van der Waals surface area contributed by atoms with Crippen LogP contribution in [0.5, 0.6) is 0 Å². The van der Waals surface area contributed by atoms with Gasteiger partial charge in [0.15, 0.2) is 0 Å². The first kappa shape index (κ1) is 12.0. The maximum Gasteiger partial charge on any atom is 0.267 e. The second kappa shape index (κ2) is 4.80. The fourth-order valence-corrected chi connectivity index (χ4v) is 1.57. The lowest BCUT2D eigenvalue weighted by molar-refractivity contribution is 0.571. The first-order valence-electron chi connectivity index (χ1n) is 5.32. The first-order valence-corrected chi connectivity index (χ1v) is 5.32. The molecule has 1 aromatic carbocycles. The molecular weight excluding hydrogens is 233 g/mol. The Morgan fingerprint density at radius 3 is 2.89 bits per heavy atom. The van der Waals surface area contributed by atoms with E-state index in [0.717, 1.165) is 10.2 Å². The molecule has 2 rings (SSSR count). The van der Waals surface area contributed by atoms with Gasteiger partial charge in [0.1, 0.15) is 5.82 Å². The van der Waals surface area contributed by atoms with Gasteiger partial charge in [0.25, 0.3) is 5.56 Å². The highest BCUT2D eigenvalue weighted by molar-refractivity contribution is 5.33. The van der Waals surface area contributed by atoms with E-state index >= 15 is 0 Å². The minimum atomic E-state index is -0.455. The smallest absolute Gasteiger partial charge is 0.267 e. The molecule has 0 saturated carbocycles. The molecule has 2 aromatic rings. The lowest BCUT2D eigenvalue weighted by Crippen LogP contribution is -2.23. The summed E-state index contributed by atoms with van der Waals surface area (Å²) < 4.78 is 14.7. The van der Waals surface area contributed by atoms with Gasteiger partial charge in [-0.2, -0.15) is 10.4 Å². The number of nitrogens with zero attached hydrogens (tertiary/aromatic N) is 3. The number of nitriles is 1. The molecule has 0 radical (unpaired) electrons. The summed E-state index contributed by atoms with van der Waals surface area (Å²) in [5, 5.41) is 12.7. The molecule has 0 saturated heterocycles. The lowest BCUT2D eigenvalue weighted by Gasteiger charge is -2.06. The van der Waals surface area contributed by atoms with Crippen LogP contribution >= 0.6 is 0 Å². The van der Waals surface area contributed by atoms with Crippen LogP contribution in [0.1, 0.15) is 16.7 Å².